The van der Waals surface area contributed by atoms with Crippen LogP contribution in [0.3, 0.4) is 0 Å². The Balaban J connectivity index is 2.07. The Labute approximate surface area is 151 Å². The van der Waals surface area contributed by atoms with E-state index in [2.05, 4.69) is 0 Å². The lowest BCUT2D eigenvalue weighted by atomic mass is 10.3. The van der Waals surface area contributed by atoms with Crippen LogP contribution in [0.5, 0.6) is 5.75 Å². The Hall–Kier alpha value is -2.85. The lowest BCUT2D eigenvalue weighted by Gasteiger charge is -2.17. The minimum absolute atomic E-state index is 0.0319. The van der Waals surface area contributed by atoms with Gasteiger partial charge in [0, 0.05) is 19.2 Å². The molecule has 136 valence electrons. The molecule has 3 aromatic rings. The van der Waals surface area contributed by atoms with Crippen LogP contribution >= 0.6 is 11.3 Å². The van der Waals surface area contributed by atoms with Gasteiger partial charge >= 0.3 is 11.6 Å². The number of carboxylic acid groups (broad SMARTS) is 1. The number of carbonyl (C=O) groups is 1. The maximum Gasteiger partial charge on any atom is 0.351 e. The van der Waals surface area contributed by atoms with Crippen molar-refractivity contribution < 1.29 is 27.5 Å². The molecule has 26 heavy (non-hydrogen) atoms. The number of methoxy groups -OCH3 is 1. The van der Waals surface area contributed by atoms with Crippen LogP contribution in [-0.2, 0) is 10.0 Å². The average molecular weight is 395 g/mol. The van der Waals surface area contributed by atoms with Crippen molar-refractivity contribution >= 4 is 42.6 Å². The van der Waals surface area contributed by atoms with Crippen LogP contribution in [0.2, 0.25) is 0 Å². The summed E-state index contributed by atoms with van der Waals surface area (Å²) in [5.41, 5.74) is -1.38. The van der Waals surface area contributed by atoms with E-state index in [-0.39, 0.29) is 15.5 Å². The van der Waals surface area contributed by atoms with Gasteiger partial charge in [-0.25, -0.2) is 18.0 Å². The van der Waals surface area contributed by atoms with Crippen molar-refractivity contribution in [3.05, 3.63) is 52.4 Å². The Morgan fingerprint density at radius 1 is 1.27 bits per heavy atom. The van der Waals surface area contributed by atoms with Gasteiger partial charge in [0.15, 0.2) is 5.58 Å². The Morgan fingerprint density at radius 2 is 2.00 bits per heavy atom. The molecule has 0 amide bonds. The number of carboxylic acids is 1. The highest BCUT2D eigenvalue weighted by molar-refractivity contribution is 7.93. The molecule has 2 aromatic heterocycles. The molecule has 0 radical (unpaired) electrons. The number of fused-ring (bicyclic) bond motifs is 1. The summed E-state index contributed by atoms with van der Waals surface area (Å²) in [5, 5.41) is 9.27. The summed E-state index contributed by atoms with van der Waals surface area (Å²) in [4.78, 5) is 22.7. The average Bonchev–Trinajstić information content (AvgIpc) is 3.02. The first-order chi connectivity index (χ1) is 12.2. The lowest BCUT2D eigenvalue weighted by molar-refractivity contribution is 0.0692. The van der Waals surface area contributed by atoms with E-state index in [1.54, 1.807) is 12.1 Å². The Morgan fingerprint density at radius 3 is 2.65 bits per heavy atom. The predicted molar refractivity (Wildman–Crippen MR) is 95.9 cm³/mol. The van der Waals surface area contributed by atoms with E-state index in [0.29, 0.717) is 10.4 Å². The number of hydrogen-bond acceptors (Lipinski definition) is 7. The normalized spacial score (nSPS) is 11.5. The highest BCUT2D eigenvalue weighted by Gasteiger charge is 2.24. The van der Waals surface area contributed by atoms with Gasteiger partial charge in [0.25, 0.3) is 10.0 Å². The van der Waals surface area contributed by atoms with Crippen molar-refractivity contribution in [1.29, 1.82) is 0 Å². The smallest absolute Gasteiger partial charge is 0.351 e. The van der Waals surface area contributed by atoms with E-state index in [9.17, 15) is 18.0 Å². The molecule has 0 spiro atoms. The second-order valence-corrected chi connectivity index (χ2v) is 8.25. The molecule has 0 unspecified atom stereocenters. The molecule has 3 rings (SSSR count). The van der Waals surface area contributed by atoms with Gasteiger partial charge in [-0.1, -0.05) is 6.07 Å². The zero-order valence-corrected chi connectivity index (χ0v) is 15.3. The molecule has 0 aliphatic carbocycles. The number of thiophene rings is 1. The summed E-state index contributed by atoms with van der Waals surface area (Å²) in [6.45, 7) is 0. The van der Waals surface area contributed by atoms with Crippen LogP contribution in [0.4, 0.5) is 5.00 Å². The molecule has 1 N–H and O–H groups in total. The van der Waals surface area contributed by atoms with Gasteiger partial charge in [0.1, 0.15) is 16.3 Å². The summed E-state index contributed by atoms with van der Waals surface area (Å²) in [7, 11) is -1.09. The van der Waals surface area contributed by atoms with Gasteiger partial charge in [-0.2, -0.15) is 0 Å². The monoisotopic (exact) mass is 395 g/mol. The van der Waals surface area contributed by atoms with Gasteiger partial charge in [-0.15, -0.1) is 11.3 Å². The number of sulfonamides is 1. The zero-order chi connectivity index (χ0) is 19.1. The summed E-state index contributed by atoms with van der Waals surface area (Å²) in [6, 6.07) is 8.56. The minimum Gasteiger partial charge on any atom is -0.497 e. The third kappa shape index (κ3) is 3.04. The number of aromatic carboxylic acids is 1. The van der Waals surface area contributed by atoms with E-state index < -0.39 is 27.2 Å². The van der Waals surface area contributed by atoms with E-state index in [1.807, 2.05) is 0 Å². The number of nitrogens with zero attached hydrogens (tertiary/aromatic N) is 1. The first-order valence-corrected chi connectivity index (χ1v) is 9.43. The van der Waals surface area contributed by atoms with Gasteiger partial charge in [0.2, 0.25) is 0 Å². The number of anilines is 1. The fraction of sp³-hybridized carbons (Fsp3) is 0.125. The van der Waals surface area contributed by atoms with Crippen LogP contribution < -0.4 is 14.7 Å². The van der Waals surface area contributed by atoms with Crippen LogP contribution in [0, 0.1) is 0 Å². The van der Waals surface area contributed by atoms with Crippen molar-refractivity contribution in [2.24, 2.45) is 0 Å². The number of hydrogen-bond donors (Lipinski definition) is 1. The molecule has 0 saturated heterocycles. The van der Waals surface area contributed by atoms with Crippen LogP contribution in [0.25, 0.3) is 10.3 Å². The topological polar surface area (TPSA) is 114 Å². The van der Waals surface area contributed by atoms with E-state index in [4.69, 9.17) is 14.3 Å². The number of rotatable bonds is 5. The van der Waals surface area contributed by atoms with Crippen molar-refractivity contribution in [3.63, 3.8) is 0 Å². The SMILES string of the molecule is COc1cccc(S(=O)(=O)N(C)c2cc3oc(=O)c(C(=O)O)cc3s2)c1. The fourth-order valence-corrected chi connectivity index (χ4v) is 4.67. The number of benzene rings is 1. The Bertz CT molecular complexity index is 1160. The molecule has 0 fully saturated rings. The zero-order valence-electron chi connectivity index (χ0n) is 13.6. The molecule has 2 heterocycles. The number of ether oxygens (including phenoxy) is 1. The highest BCUT2D eigenvalue weighted by atomic mass is 32.2. The van der Waals surface area contributed by atoms with Gasteiger partial charge in [-0.05, 0) is 18.2 Å². The molecule has 10 heteroatoms. The molecule has 0 saturated carbocycles. The third-order valence-electron chi connectivity index (χ3n) is 3.65. The summed E-state index contributed by atoms with van der Waals surface area (Å²) in [6.07, 6.45) is 0. The van der Waals surface area contributed by atoms with Crippen molar-refractivity contribution in [2.45, 2.75) is 4.90 Å². The van der Waals surface area contributed by atoms with E-state index >= 15 is 0 Å². The lowest BCUT2D eigenvalue weighted by Crippen LogP contribution is -2.25. The largest absolute Gasteiger partial charge is 0.497 e. The summed E-state index contributed by atoms with van der Waals surface area (Å²) < 4.78 is 37.0. The summed E-state index contributed by atoms with van der Waals surface area (Å²) in [5.74, 6) is -1.01. The van der Waals surface area contributed by atoms with Crippen LogP contribution in [-0.4, -0.2) is 33.7 Å². The first-order valence-electron chi connectivity index (χ1n) is 7.18. The van der Waals surface area contributed by atoms with Gasteiger partial charge < -0.3 is 14.3 Å². The first kappa shape index (κ1) is 18.0. The molecule has 0 bridgehead atoms. The van der Waals surface area contributed by atoms with Crippen LogP contribution in [0.15, 0.2) is 50.5 Å². The standard InChI is InChI=1S/C16H13NO7S2/c1-17(26(21,22)10-5-3-4-9(6-10)23-2)14-8-12-13(25-14)7-11(15(18)19)16(20)24-12/h3-8H,1-2H3,(H,18,19). The Kier molecular flexibility index (Phi) is 4.46. The second kappa shape index (κ2) is 6.46. The molecule has 0 aliphatic rings. The van der Waals surface area contributed by atoms with Gasteiger partial charge in [-0.3, -0.25) is 4.31 Å². The minimum atomic E-state index is -3.88. The quantitative estimate of drug-likeness (QED) is 0.705. The van der Waals surface area contributed by atoms with Crippen molar-refractivity contribution in [2.75, 3.05) is 18.5 Å². The highest BCUT2D eigenvalue weighted by Crippen LogP contribution is 2.34. The second-order valence-electron chi connectivity index (χ2n) is 5.22. The van der Waals surface area contributed by atoms with Crippen molar-refractivity contribution in [1.82, 2.24) is 0 Å². The molecule has 0 aliphatic heterocycles. The van der Waals surface area contributed by atoms with E-state index in [1.165, 1.54) is 38.4 Å². The van der Waals surface area contributed by atoms with Gasteiger partial charge in [0.05, 0.1) is 16.7 Å². The molecule has 0 atom stereocenters. The summed E-state index contributed by atoms with van der Waals surface area (Å²) >= 11 is 0.997. The third-order valence-corrected chi connectivity index (χ3v) is 6.67. The molecular formula is C16H13NO7S2. The molecule has 1 aromatic carbocycles. The van der Waals surface area contributed by atoms with E-state index in [0.717, 1.165) is 15.6 Å². The van der Waals surface area contributed by atoms with Crippen molar-refractivity contribution in [3.8, 4) is 5.75 Å². The maximum atomic E-state index is 12.8. The fourth-order valence-electron chi connectivity index (χ4n) is 2.24. The predicted octanol–water partition coefficient (Wildman–Crippen LogP) is 2.39. The maximum absolute atomic E-state index is 12.8. The molecular weight excluding hydrogens is 382 g/mol. The van der Waals surface area contributed by atoms with Crippen LogP contribution in [0.1, 0.15) is 10.4 Å². The molecule has 8 nitrogen and oxygen atoms in total.